The first-order chi connectivity index (χ1) is 10.2. The Hall–Kier alpha value is -2.88. The molecule has 0 fully saturated rings. The van der Waals surface area contributed by atoms with Gasteiger partial charge in [-0.3, -0.25) is 9.78 Å². The zero-order chi connectivity index (χ0) is 14.7. The van der Waals surface area contributed by atoms with Crippen LogP contribution in [-0.2, 0) is 6.42 Å². The lowest BCUT2D eigenvalue weighted by Gasteiger charge is -2.07. The summed E-state index contributed by atoms with van der Waals surface area (Å²) in [5, 5.41) is 0. The lowest BCUT2D eigenvalue weighted by molar-refractivity contribution is 0.444. The van der Waals surface area contributed by atoms with E-state index in [2.05, 4.69) is 4.98 Å². The Labute approximate surface area is 120 Å². The van der Waals surface area contributed by atoms with Crippen LogP contribution in [0.15, 0.2) is 74.7 Å². The third-order valence-corrected chi connectivity index (χ3v) is 3.21. The fourth-order valence-corrected chi connectivity index (χ4v) is 2.27. The van der Waals surface area contributed by atoms with E-state index in [0.29, 0.717) is 17.7 Å². The van der Waals surface area contributed by atoms with Crippen molar-refractivity contribution in [2.75, 3.05) is 0 Å². The third kappa shape index (κ3) is 2.84. The van der Waals surface area contributed by atoms with Crippen molar-refractivity contribution >= 4 is 0 Å². The summed E-state index contributed by atoms with van der Waals surface area (Å²) in [5.41, 5.74) is 1.68. The first-order valence-corrected chi connectivity index (χ1v) is 6.59. The van der Waals surface area contributed by atoms with Crippen LogP contribution in [-0.4, -0.2) is 4.98 Å². The number of rotatable bonds is 3. The minimum atomic E-state index is -0.731. The van der Waals surface area contributed by atoms with Crippen LogP contribution in [0.3, 0.4) is 0 Å². The molecule has 104 valence electrons. The molecule has 0 spiro atoms. The van der Waals surface area contributed by atoms with Crippen LogP contribution in [0.4, 0.5) is 0 Å². The van der Waals surface area contributed by atoms with Gasteiger partial charge in [0.25, 0.3) is 5.56 Å². The molecule has 3 aromatic rings. The van der Waals surface area contributed by atoms with Gasteiger partial charge < -0.3 is 4.42 Å². The van der Waals surface area contributed by atoms with Crippen molar-refractivity contribution in [1.29, 1.82) is 0 Å². The Morgan fingerprint density at radius 1 is 0.857 bits per heavy atom. The van der Waals surface area contributed by atoms with Gasteiger partial charge in [0.05, 0.1) is 5.56 Å². The quantitative estimate of drug-likeness (QED) is 0.801. The Morgan fingerprint density at radius 3 is 2.14 bits per heavy atom. The molecule has 0 aliphatic heterocycles. The van der Waals surface area contributed by atoms with Gasteiger partial charge in [-0.1, -0.05) is 60.7 Å². The van der Waals surface area contributed by atoms with Gasteiger partial charge in [-0.2, -0.15) is 0 Å². The van der Waals surface area contributed by atoms with Gasteiger partial charge in [-0.15, -0.1) is 0 Å². The molecule has 1 N–H and O–H groups in total. The highest BCUT2D eigenvalue weighted by molar-refractivity contribution is 5.64. The first kappa shape index (κ1) is 13.1. The number of hydrogen-bond acceptors (Lipinski definition) is 3. The molecule has 0 radical (unpaired) electrons. The van der Waals surface area contributed by atoms with Crippen LogP contribution >= 0.6 is 0 Å². The smallest absolute Gasteiger partial charge is 0.413 e. The van der Waals surface area contributed by atoms with Crippen molar-refractivity contribution in [3.05, 3.63) is 92.9 Å². The average Bonchev–Trinajstić information content (AvgIpc) is 2.48. The Balaban J connectivity index is 2.16. The van der Waals surface area contributed by atoms with Crippen molar-refractivity contribution in [3.63, 3.8) is 0 Å². The zero-order valence-electron chi connectivity index (χ0n) is 11.2. The van der Waals surface area contributed by atoms with Crippen LogP contribution in [0.2, 0.25) is 0 Å². The maximum absolute atomic E-state index is 12.1. The summed E-state index contributed by atoms with van der Waals surface area (Å²) in [6.45, 7) is 0. The van der Waals surface area contributed by atoms with Crippen LogP contribution in [0, 0.1) is 0 Å². The van der Waals surface area contributed by atoms with Crippen LogP contribution in [0.5, 0.6) is 0 Å². The van der Waals surface area contributed by atoms with Gasteiger partial charge >= 0.3 is 5.76 Å². The third-order valence-electron chi connectivity index (χ3n) is 3.21. The van der Waals surface area contributed by atoms with E-state index in [1.807, 2.05) is 60.7 Å². The molecule has 0 aliphatic carbocycles. The van der Waals surface area contributed by atoms with Gasteiger partial charge in [0.2, 0.25) is 0 Å². The summed E-state index contributed by atoms with van der Waals surface area (Å²) in [6, 6.07) is 18.8. The van der Waals surface area contributed by atoms with Gasteiger partial charge in [0.15, 0.2) is 0 Å². The second kappa shape index (κ2) is 5.63. The van der Waals surface area contributed by atoms with Gasteiger partial charge in [-0.25, -0.2) is 4.79 Å². The molecule has 1 heterocycles. The molecule has 4 heteroatoms. The summed E-state index contributed by atoms with van der Waals surface area (Å²) in [6.07, 6.45) is 0.393. The molecule has 0 atom stereocenters. The highest BCUT2D eigenvalue weighted by atomic mass is 16.4. The maximum atomic E-state index is 12.1. The molecule has 0 amide bonds. The molecular formula is C17H13NO3. The largest absolute Gasteiger partial charge is 0.419 e. The normalized spacial score (nSPS) is 10.5. The minimum absolute atomic E-state index is 0.376. The van der Waals surface area contributed by atoms with E-state index < -0.39 is 11.3 Å². The number of aromatic amines is 1. The summed E-state index contributed by atoms with van der Waals surface area (Å²) in [7, 11) is 0. The molecule has 21 heavy (non-hydrogen) atoms. The molecule has 3 rings (SSSR count). The average molecular weight is 279 g/mol. The second-order valence-electron chi connectivity index (χ2n) is 4.67. The topological polar surface area (TPSA) is 63.1 Å². The second-order valence-corrected chi connectivity index (χ2v) is 4.67. The molecule has 0 saturated carbocycles. The minimum Gasteiger partial charge on any atom is -0.413 e. The van der Waals surface area contributed by atoms with Gasteiger partial charge in [0, 0.05) is 6.42 Å². The molecule has 4 nitrogen and oxygen atoms in total. The van der Waals surface area contributed by atoms with Crippen LogP contribution in [0.1, 0.15) is 11.3 Å². The number of benzene rings is 2. The van der Waals surface area contributed by atoms with E-state index in [1.165, 1.54) is 0 Å². The summed E-state index contributed by atoms with van der Waals surface area (Å²) in [4.78, 5) is 25.8. The molecule has 0 saturated heterocycles. The van der Waals surface area contributed by atoms with E-state index in [9.17, 15) is 9.59 Å². The fourth-order valence-electron chi connectivity index (χ4n) is 2.27. The maximum Gasteiger partial charge on any atom is 0.419 e. The van der Waals surface area contributed by atoms with E-state index in [0.717, 1.165) is 11.1 Å². The van der Waals surface area contributed by atoms with Crippen molar-refractivity contribution in [2.45, 2.75) is 6.42 Å². The standard InChI is InChI=1S/C17H13NO3/c19-16-15(13-9-5-2-6-10-13)14(21-17(20)18-16)11-12-7-3-1-4-8-12/h1-10H,11H2,(H,18,19,20). The van der Waals surface area contributed by atoms with E-state index in [1.54, 1.807) is 0 Å². The Kier molecular flexibility index (Phi) is 3.51. The number of nitrogens with one attached hydrogen (secondary N) is 1. The first-order valence-electron chi connectivity index (χ1n) is 6.59. The SMILES string of the molecule is O=c1[nH]c(=O)c(-c2ccccc2)c(Cc2ccccc2)o1. The number of aromatic nitrogens is 1. The molecule has 0 unspecified atom stereocenters. The van der Waals surface area contributed by atoms with Crippen LogP contribution in [0.25, 0.3) is 11.1 Å². The predicted molar refractivity (Wildman–Crippen MR) is 80.3 cm³/mol. The van der Waals surface area contributed by atoms with Crippen molar-refractivity contribution in [2.24, 2.45) is 0 Å². The van der Waals surface area contributed by atoms with Crippen LogP contribution < -0.4 is 11.3 Å². The van der Waals surface area contributed by atoms with E-state index in [-0.39, 0.29) is 0 Å². The van der Waals surface area contributed by atoms with Crippen molar-refractivity contribution < 1.29 is 4.42 Å². The van der Waals surface area contributed by atoms with Gasteiger partial charge in [0.1, 0.15) is 5.76 Å². The summed E-state index contributed by atoms with van der Waals surface area (Å²) < 4.78 is 5.24. The predicted octanol–water partition coefficient (Wildman–Crippen LogP) is 2.59. The monoisotopic (exact) mass is 279 g/mol. The zero-order valence-corrected chi connectivity index (χ0v) is 11.2. The molecule has 0 bridgehead atoms. The number of H-pyrrole nitrogens is 1. The highest BCUT2D eigenvalue weighted by Crippen LogP contribution is 2.20. The summed E-state index contributed by atoms with van der Waals surface area (Å²) in [5.74, 6) is -0.355. The molecule has 1 aromatic heterocycles. The van der Waals surface area contributed by atoms with Gasteiger partial charge in [-0.05, 0) is 11.1 Å². The highest BCUT2D eigenvalue weighted by Gasteiger charge is 2.14. The molecule has 0 aliphatic rings. The Morgan fingerprint density at radius 2 is 1.48 bits per heavy atom. The number of hydrogen-bond donors (Lipinski definition) is 1. The van der Waals surface area contributed by atoms with Crippen molar-refractivity contribution in [3.8, 4) is 11.1 Å². The lowest BCUT2D eigenvalue weighted by Crippen LogP contribution is -2.22. The summed E-state index contributed by atoms with van der Waals surface area (Å²) >= 11 is 0. The molecule has 2 aromatic carbocycles. The van der Waals surface area contributed by atoms with E-state index in [4.69, 9.17) is 4.42 Å². The fraction of sp³-hybridized carbons (Fsp3) is 0.0588. The Bertz CT molecular complexity index is 848. The molecular weight excluding hydrogens is 266 g/mol. The van der Waals surface area contributed by atoms with Crippen molar-refractivity contribution in [1.82, 2.24) is 4.98 Å². The van der Waals surface area contributed by atoms with E-state index >= 15 is 0 Å². The lowest BCUT2D eigenvalue weighted by atomic mass is 10.0.